The molecule has 98 valence electrons. The summed E-state index contributed by atoms with van der Waals surface area (Å²) < 4.78 is 4.69. The molecule has 1 heterocycles. The van der Waals surface area contributed by atoms with E-state index in [1.165, 1.54) is 37.1 Å². The summed E-state index contributed by atoms with van der Waals surface area (Å²) in [4.78, 5) is 13.8. The quantitative estimate of drug-likeness (QED) is 0.785. The van der Waals surface area contributed by atoms with Crippen molar-refractivity contribution in [1.29, 1.82) is 0 Å². The van der Waals surface area contributed by atoms with Gasteiger partial charge in [-0.05, 0) is 36.4 Å². The molecule has 0 aliphatic carbocycles. The van der Waals surface area contributed by atoms with Crippen molar-refractivity contribution in [3.05, 3.63) is 35.4 Å². The van der Waals surface area contributed by atoms with Crippen LogP contribution >= 0.6 is 11.8 Å². The van der Waals surface area contributed by atoms with Gasteiger partial charge in [0.05, 0.1) is 12.7 Å². The first-order valence-electron chi connectivity index (χ1n) is 6.27. The van der Waals surface area contributed by atoms with E-state index in [2.05, 4.69) is 4.90 Å². The van der Waals surface area contributed by atoms with Gasteiger partial charge in [-0.25, -0.2) is 4.79 Å². The molecule has 0 atom stereocenters. The first-order valence-corrected chi connectivity index (χ1v) is 7.42. The fraction of sp³-hybridized carbons (Fsp3) is 0.500. The van der Waals surface area contributed by atoms with Crippen LogP contribution in [0.5, 0.6) is 0 Å². The van der Waals surface area contributed by atoms with Gasteiger partial charge < -0.3 is 4.74 Å². The number of thioether (sulfide) groups is 1. The average Bonchev–Trinajstić information content (AvgIpc) is 2.67. The van der Waals surface area contributed by atoms with Gasteiger partial charge >= 0.3 is 5.97 Å². The summed E-state index contributed by atoms with van der Waals surface area (Å²) in [5.74, 6) is 2.23. The lowest BCUT2D eigenvalue weighted by molar-refractivity contribution is 0.0600. The molecule has 18 heavy (non-hydrogen) atoms. The number of carbonyl (C=O) groups is 1. The van der Waals surface area contributed by atoms with E-state index in [4.69, 9.17) is 4.74 Å². The third-order valence-corrected chi connectivity index (χ3v) is 4.14. The summed E-state index contributed by atoms with van der Waals surface area (Å²) in [6.45, 7) is 3.30. The van der Waals surface area contributed by atoms with Crippen molar-refractivity contribution in [2.75, 3.05) is 31.7 Å². The van der Waals surface area contributed by atoms with Crippen LogP contribution in [0.15, 0.2) is 24.3 Å². The van der Waals surface area contributed by atoms with Gasteiger partial charge in [-0.2, -0.15) is 11.8 Å². The molecule has 0 bridgehead atoms. The summed E-state index contributed by atoms with van der Waals surface area (Å²) in [7, 11) is 1.41. The van der Waals surface area contributed by atoms with Crippen LogP contribution in [0.4, 0.5) is 0 Å². The molecule has 1 aromatic carbocycles. The molecule has 0 unspecified atom stereocenters. The molecule has 1 aliphatic rings. The molecule has 3 nitrogen and oxygen atoms in total. The van der Waals surface area contributed by atoms with Crippen molar-refractivity contribution in [2.24, 2.45) is 0 Å². The predicted octanol–water partition coefficient (Wildman–Crippen LogP) is 2.41. The highest BCUT2D eigenvalue weighted by Gasteiger charge is 2.10. The molecule has 0 aromatic heterocycles. The fourth-order valence-corrected chi connectivity index (χ4v) is 3.00. The second-order valence-electron chi connectivity index (χ2n) is 4.43. The zero-order valence-electron chi connectivity index (χ0n) is 10.7. The molecule has 1 fully saturated rings. The Morgan fingerprint density at radius 1 is 1.28 bits per heavy atom. The van der Waals surface area contributed by atoms with Crippen LogP contribution in [0.1, 0.15) is 22.3 Å². The van der Waals surface area contributed by atoms with Gasteiger partial charge in [0.15, 0.2) is 0 Å². The number of hydrogen-bond acceptors (Lipinski definition) is 4. The third-order valence-electron chi connectivity index (χ3n) is 3.10. The van der Waals surface area contributed by atoms with E-state index >= 15 is 0 Å². The number of esters is 1. The number of hydrogen-bond donors (Lipinski definition) is 0. The Morgan fingerprint density at radius 3 is 2.78 bits per heavy atom. The van der Waals surface area contributed by atoms with Crippen LogP contribution in [0, 0.1) is 0 Å². The minimum absolute atomic E-state index is 0.271. The van der Waals surface area contributed by atoms with Crippen molar-refractivity contribution < 1.29 is 9.53 Å². The van der Waals surface area contributed by atoms with Gasteiger partial charge in [-0.3, -0.25) is 4.90 Å². The van der Waals surface area contributed by atoms with Crippen molar-refractivity contribution in [1.82, 2.24) is 4.90 Å². The maximum atomic E-state index is 11.3. The molecule has 2 rings (SSSR count). The molecule has 0 amide bonds. The van der Waals surface area contributed by atoms with Gasteiger partial charge in [-0.15, -0.1) is 0 Å². The van der Waals surface area contributed by atoms with E-state index in [0.717, 1.165) is 13.1 Å². The lowest BCUT2D eigenvalue weighted by atomic mass is 10.1. The third kappa shape index (κ3) is 3.75. The van der Waals surface area contributed by atoms with Gasteiger partial charge in [0.1, 0.15) is 0 Å². The molecular formula is C14H19NO2S. The Labute approximate surface area is 113 Å². The Morgan fingerprint density at radius 2 is 2.06 bits per heavy atom. The Hall–Kier alpha value is -1.00. The fourth-order valence-electron chi connectivity index (χ4n) is 2.08. The number of benzene rings is 1. The molecule has 0 N–H and O–H groups in total. The number of rotatable bonds is 3. The maximum Gasteiger partial charge on any atom is 0.337 e. The number of ether oxygens (including phenoxy) is 1. The van der Waals surface area contributed by atoms with Gasteiger partial charge in [0, 0.05) is 18.8 Å². The van der Waals surface area contributed by atoms with Crippen LogP contribution in [0.3, 0.4) is 0 Å². The van der Waals surface area contributed by atoms with Crippen molar-refractivity contribution in [3.63, 3.8) is 0 Å². The molecule has 1 saturated heterocycles. The number of nitrogens with zero attached hydrogens (tertiary/aromatic N) is 1. The van der Waals surface area contributed by atoms with Crippen molar-refractivity contribution in [2.45, 2.75) is 13.0 Å². The summed E-state index contributed by atoms with van der Waals surface area (Å²) in [6.07, 6.45) is 1.27. The molecule has 0 radical (unpaired) electrons. The molecule has 0 saturated carbocycles. The molecule has 4 heteroatoms. The van der Waals surface area contributed by atoms with Crippen LogP contribution in [-0.2, 0) is 11.3 Å². The van der Waals surface area contributed by atoms with Crippen LogP contribution in [0.25, 0.3) is 0 Å². The Balaban J connectivity index is 1.94. The van der Waals surface area contributed by atoms with E-state index in [1.807, 2.05) is 36.0 Å². The second-order valence-corrected chi connectivity index (χ2v) is 5.66. The highest BCUT2D eigenvalue weighted by Crippen LogP contribution is 2.14. The summed E-state index contributed by atoms with van der Waals surface area (Å²) in [5, 5.41) is 0. The van der Waals surface area contributed by atoms with E-state index in [1.54, 1.807) is 0 Å². The van der Waals surface area contributed by atoms with E-state index in [0.29, 0.717) is 5.56 Å². The summed E-state index contributed by atoms with van der Waals surface area (Å²) in [6, 6.07) is 7.72. The largest absolute Gasteiger partial charge is 0.465 e. The van der Waals surface area contributed by atoms with Crippen LogP contribution < -0.4 is 0 Å². The van der Waals surface area contributed by atoms with Crippen molar-refractivity contribution >= 4 is 17.7 Å². The van der Waals surface area contributed by atoms with Gasteiger partial charge in [0.25, 0.3) is 0 Å². The smallest absolute Gasteiger partial charge is 0.337 e. The minimum Gasteiger partial charge on any atom is -0.465 e. The first kappa shape index (κ1) is 13.4. The standard InChI is InChI=1S/C14H19NO2S/c1-17-14(16)13-5-3-12(4-6-13)11-15-7-2-9-18-10-8-15/h3-6H,2,7-11H2,1H3. The molecule has 1 aliphatic heterocycles. The number of methoxy groups -OCH3 is 1. The molecule has 1 aromatic rings. The highest BCUT2D eigenvalue weighted by molar-refractivity contribution is 7.99. The topological polar surface area (TPSA) is 29.5 Å². The molecule has 0 spiro atoms. The monoisotopic (exact) mass is 265 g/mol. The minimum atomic E-state index is -0.271. The zero-order valence-corrected chi connectivity index (χ0v) is 11.5. The van der Waals surface area contributed by atoms with Gasteiger partial charge in [-0.1, -0.05) is 12.1 Å². The normalized spacial score (nSPS) is 17.2. The lowest BCUT2D eigenvalue weighted by Gasteiger charge is -2.19. The van der Waals surface area contributed by atoms with E-state index in [9.17, 15) is 4.79 Å². The summed E-state index contributed by atoms with van der Waals surface area (Å²) in [5.41, 5.74) is 1.88. The van der Waals surface area contributed by atoms with Crippen LogP contribution in [-0.4, -0.2) is 42.6 Å². The second kappa shape index (κ2) is 6.81. The Bertz CT molecular complexity index is 383. The van der Waals surface area contributed by atoms with Crippen molar-refractivity contribution in [3.8, 4) is 0 Å². The number of carbonyl (C=O) groups excluding carboxylic acids is 1. The van der Waals surface area contributed by atoms with Crippen LogP contribution in [0.2, 0.25) is 0 Å². The Kier molecular flexibility index (Phi) is 5.08. The van der Waals surface area contributed by atoms with Gasteiger partial charge in [0.2, 0.25) is 0 Å². The highest BCUT2D eigenvalue weighted by atomic mass is 32.2. The SMILES string of the molecule is COC(=O)c1ccc(CN2CCCSCC2)cc1. The lowest BCUT2D eigenvalue weighted by Crippen LogP contribution is -2.25. The average molecular weight is 265 g/mol. The predicted molar refractivity (Wildman–Crippen MR) is 75.0 cm³/mol. The summed E-state index contributed by atoms with van der Waals surface area (Å²) >= 11 is 2.04. The first-order chi connectivity index (χ1) is 8.79. The zero-order chi connectivity index (χ0) is 12.8. The maximum absolute atomic E-state index is 11.3. The molecular weight excluding hydrogens is 246 g/mol. The van der Waals surface area contributed by atoms with E-state index < -0.39 is 0 Å². The van der Waals surface area contributed by atoms with E-state index in [-0.39, 0.29) is 5.97 Å².